The topological polar surface area (TPSA) is 90.7 Å². The quantitative estimate of drug-likeness (QED) is 0.346. The van der Waals surface area contributed by atoms with Gasteiger partial charge in [-0.1, -0.05) is 30.3 Å². The monoisotopic (exact) mass is 330 g/mol. The Morgan fingerprint density at radius 2 is 1.96 bits per heavy atom. The molecule has 2 rings (SSSR count). The molecule has 0 unspecified atom stereocenters. The van der Waals surface area contributed by atoms with Gasteiger partial charge in [0.1, 0.15) is 5.69 Å². The predicted octanol–water partition coefficient (Wildman–Crippen LogP) is 3.01. The van der Waals surface area contributed by atoms with Crippen LogP contribution in [0.5, 0.6) is 0 Å². The number of benzene rings is 2. The summed E-state index contributed by atoms with van der Waals surface area (Å²) in [7, 11) is 1.23. The van der Waals surface area contributed by atoms with E-state index in [-0.39, 0.29) is 11.3 Å². The van der Waals surface area contributed by atoms with E-state index in [0.717, 1.165) is 5.56 Å². The molecule has 0 saturated carbocycles. The van der Waals surface area contributed by atoms with E-state index < -0.39 is 10.9 Å². The third-order valence-corrected chi connectivity index (χ3v) is 3.29. The summed E-state index contributed by atoms with van der Waals surface area (Å²) >= 11 is 0. The van der Waals surface area contributed by atoms with Crippen LogP contribution in [0.3, 0.4) is 0 Å². The summed E-state index contributed by atoms with van der Waals surface area (Å²) in [6.07, 6.45) is 0. The van der Waals surface area contributed by atoms with E-state index >= 15 is 0 Å². The highest BCUT2D eigenvalue weighted by atomic mass is 16.6. The van der Waals surface area contributed by atoms with E-state index in [2.05, 4.69) is 10.1 Å². The zero-order chi connectivity index (χ0) is 17.4. The van der Waals surface area contributed by atoms with Crippen LogP contribution in [-0.2, 0) is 16.1 Å². The van der Waals surface area contributed by atoms with Gasteiger partial charge >= 0.3 is 5.97 Å². The summed E-state index contributed by atoms with van der Waals surface area (Å²) in [6.45, 7) is 1.28. The standard InChI is InChI=1S/C17H18N2O5/c1-23-17(20)14-7-8-15(16(11-14)19(21)22)18-9-10-24-12-13-5-3-2-4-6-13/h2-8,11,18H,9-10,12H2,1H3. The number of carbonyl (C=O) groups is 1. The summed E-state index contributed by atoms with van der Waals surface area (Å²) in [6, 6.07) is 13.9. The SMILES string of the molecule is COC(=O)c1ccc(NCCOCc2ccccc2)c([N+](=O)[O-])c1. The molecule has 0 spiro atoms. The first-order chi connectivity index (χ1) is 11.6. The number of nitro benzene ring substituents is 1. The van der Waals surface area contributed by atoms with Crippen LogP contribution in [0.15, 0.2) is 48.5 Å². The van der Waals surface area contributed by atoms with Gasteiger partial charge in [0.15, 0.2) is 0 Å². The minimum absolute atomic E-state index is 0.134. The second-order valence-corrected chi connectivity index (χ2v) is 4.95. The largest absolute Gasteiger partial charge is 0.465 e. The van der Waals surface area contributed by atoms with Crippen molar-refractivity contribution in [2.24, 2.45) is 0 Å². The fraction of sp³-hybridized carbons (Fsp3) is 0.235. The maximum Gasteiger partial charge on any atom is 0.338 e. The van der Waals surface area contributed by atoms with Gasteiger partial charge in [-0.05, 0) is 17.7 Å². The van der Waals surface area contributed by atoms with E-state index in [4.69, 9.17) is 4.74 Å². The summed E-state index contributed by atoms with van der Waals surface area (Å²) in [5.41, 5.74) is 1.35. The molecule has 7 nitrogen and oxygen atoms in total. The van der Waals surface area contributed by atoms with Crippen LogP contribution in [0.2, 0.25) is 0 Å². The number of methoxy groups -OCH3 is 1. The molecule has 24 heavy (non-hydrogen) atoms. The van der Waals surface area contributed by atoms with Crippen LogP contribution in [0.25, 0.3) is 0 Å². The van der Waals surface area contributed by atoms with E-state index in [1.54, 1.807) is 0 Å². The van der Waals surface area contributed by atoms with Gasteiger partial charge in [-0.15, -0.1) is 0 Å². The molecule has 7 heteroatoms. The Kier molecular flexibility index (Phi) is 6.27. The average molecular weight is 330 g/mol. The molecule has 0 atom stereocenters. The first-order valence-electron chi connectivity index (χ1n) is 7.34. The van der Waals surface area contributed by atoms with Crippen molar-refractivity contribution in [3.8, 4) is 0 Å². The van der Waals surface area contributed by atoms with Gasteiger partial charge in [-0.25, -0.2) is 4.79 Å². The van der Waals surface area contributed by atoms with Crippen LogP contribution in [-0.4, -0.2) is 31.2 Å². The highest BCUT2D eigenvalue weighted by Crippen LogP contribution is 2.25. The first-order valence-corrected chi connectivity index (χ1v) is 7.34. The van der Waals surface area contributed by atoms with Crippen molar-refractivity contribution >= 4 is 17.3 Å². The zero-order valence-corrected chi connectivity index (χ0v) is 13.2. The fourth-order valence-corrected chi connectivity index (χ4v) is 2.10. The Morgan fingerprint density at radius 3 is 2.62 bits per heavy atom. The molecule has 0 saturated heterocycles. The van der Waals surface area contributed by atoms with Crippen molar-refractivity contribution in [3.05, 3.63) is 69.8 Å². The van der Waals surface area contributed by atoms with Gasteiger partial charge in [0.05, 0.1) is 30.8 Å². The molecule has 0 aliphatic heterocycles. The Hall–Kier alpha value is -2.93. The summed E-state index contributed by atoms with van der Waals surface area (Å²) in [5, 5.41) is 14.1. The normalized spacial score (nSPS) is 10.2. The second-order valence-electron chi connectivity index (χ2n) is 4.95. The van der Waals surface area contributed by atoms with E-state index in [0.29, 0.717) is 25.4 Å². The fourth-order valence-electron chi connectivity index (χ4n) is 2.10. The number of nitro groups is 1. The molecule has 0 fully saturated rings. The van der Waals surface area contributed by atoms with Gasteiger partial charge in [0.2, 0.25) is 0 Å². The average Bonchev–Trinajstić information content (AvgIpc) is 2.61. The maximum absolute atomic E-state index is 11.4. The minimum atomic E-state index is -0.615. The van der Waals surface area contributed by atoms with Crippen molar-refractivity contribution in [2.75, 3.05) is 25.6 Å². The van der Waals surface area contributed by atoms with E-state index in [1.807, 2.05) is 30.3 Å². The first kappa shape index (κ1) is 17.4. The Balaban J connectivity index is 1.89. The second kappa shape index (κ2) is 8.64. The van der Waals surface area contributed by atoms with E-state index in [9.17, 15) is 14.9 Å². The van der Waals surface area contributed by atoms with Crippen LogP contribution in [0.4, 0.5) is 11.4 Å². The number of hydrogen-bond donors (Lipinski definition) is 1. The molecule has 0 aromatic heterocycles. The highest BCUT2D eigenvalue weighted by molar-refractivity contribution is 5.91. The molecule has 2 aromatic rings. The maximum atomic E-state index is 11.4. The van der Waals surface area contributed by atoms with Crippen LogP contribution >= 0.6 is 0 Å². The molecule has 0 heterocycles. The van der Waals surface area contributed by atoms with Gasteiger partial charge < -0.3 is 14.8 Å². The number of nitrogens with one attached hydrogen (secondary N) is 1. The molecule has 0 bridgehead atoms. The number of anilines is 1. The molecule has 0 radical (unpaired) electrons. The van der Waals surface area contributed by atoms with Crippen LogP contribution in [0, 0.1) is 10.1 Å². The molecule has 0 amide bonds. The number of hydrogen-bond acceptors (Lipinski definition) is 6. The lowest BCUT2D eigenvalue weighted by Crippen LogP contribution is -2.11. The molecule has 0 aliphatic carbocycles. The molecular weight excluding hydrogens is 312 g/mol. The van der Waals surface area contributed by atoms with Crippen molar-refractivity contribution in [1.29, 1.82) is 0 Å². The van der Waals surface area contributed by atoms with Crippen molar-refractivity contribution in [1.82, 2.24) is 0 Å². The number of esters is 1. The van der Waals surface area contributed by atoms with E-state index in [1.165, 1.54) is 25.3 Å². The number of ether oxygens (including phenoxy) is 2. The van der Waals surface area contributed by atoms with Crippen molar-refractivity contribution < 1.29 is 19.2 Å². The van der Waals surface area contributed by atoms with Gasteiger partial charge in [-0.2, -0.15) is 0 Å². The summed E-state index contributed by atoms with van der Waals surface area (Å²) < 4.78 is 10.1. The third-order valence-electron chi connectivity index (χ3n) is 3.29. The smallest absolute Gasteiger partial charge is 0.338 e. The summed E-state index contributed by atoms with van der Waals surface area (Å²) in [4.78, 5) is 22.0. The third kappa shape index (κ3) is 4.79. The summed E-state index contributed by atoms with van der Waals surface area (Å²) in [5.74, 6) is -0.615. The van der Waals surface area contributed by atoms with Gasteiger partial charge in [0.25, 0.3) is 5.69 Å². The lowest BCUT2D eigenvalue weighted by atomic mass is 10.1. The number of carbonyl (C=O) groups excluding carboxylic acids is 1. The molecule has 126 valence electrons. The molecule has 1 N–H and O–H groups in total. The Morgan fingerprint density at radius 1 is 1.21 bits per heavy atom. The molecular formula is C17H18N2O5. The van der Waals surface area contributed by atoms with Crippen LogP contribution < -0.4 is 5.32 Å². The Bertz CT molecular complexity index is 703. The molecule has 0 aliphatic rings. The lowest BCUT2D eigenvalue weighted by molar-refractivity contribution is -0.384. The van der Waals surface area contributed by atoms with Gasteiger partial charge in [-0.3, -0.25) is 10.1 Å². The number of rotatable bonds is 8. The molecule has 2 aromatic carbocycles. The predicted molar refractivity (Wildman–Crippen MR) is 89.0 cm³/mol. The van der Waals surface area contributed by atoms with Crippen LogP contribution in [0.1, 0.15) is 15.9 Å². The zero-order valence-electron chi connectivity index (χ0n) is 13.2. The van der Waals surface area contributed by atoms with Crippen molar-refractivity contribution in [3.63, 3.8) is 0 Å². The van der Waals surface area contributed by atoms with Crippen molar-refractivity contribution in [2.45, 2.75) is 6.61 Å². The van der Waals surface area contributed by atoms with Gasteiger partial charge in [0, 0.05) is 12.6 Å². The number of nitrogens with zero attached hydrogens (tertiary/aromatic N) is 1. The lowest BCUT2D eigenvalue weighted by Gasteiger charge is -2.09. The highest BCUT2D eigenvalue weighted by Gasteiger charge is 2.17. The Labute approximate surface area is 139 Å². The minimum Gasteiger partial charge on any atom is -0.465 e.